The third kappa shape index (κ3) is 2.03. The summed E-state index contributed by atoms with van der Waals surface area (Å²) in [5.41, 5.74) is 3.58. The van der Waals surface area contributed by atoms with E-state index in [0.717, 1.165) is 5.56 Å². The maximum Gasteiger partial charge on any atom is 0.139 e. The van der Waals surface area contributed by atoms with Crippen molar-refractivity contribution in [3.63, 3.8) is 0 Å². The van der Waals surface area contributed by atoms with Crippen molar-refractivity contribution in [2.24, 2.45) is 5.84 Å². The summed E-state index contributed by atoms with van der Waals surface area (Å²) in [7, 11) is 0. The molecule has 3 N–H and O–H groups in total. The third-order valence-electron chi connectivity index (χ3n) is 1.06. The van der Waals surface area contributed by atoms with Crippen LogP contribution in [0.5, 0.6) is 0 Å². The molecule has 0 aliphatic carbocycles. The Bertz CT molecular complexity index is 181. The molecule has 1 aromatic rings. The second-order valence-corrected chi connectivity index (χ2v) is 1.87. The number of hydrazine groups is 1. The van der Waals surface area contributed by atoms with Crippen molar-refractivity contribution in [2.75, 3.05) is 5.43 Å². The van der Waals surface area contributed by atoms with Gasteiger partial charge in [-0.2, -0.15) is 0 Å². The van der Waals surface area contributed by atoms with Crippen molar-refractivity contribution in [1.29, 1.82) is 0 Å². The van der Waals surface area contributed by atoms with E-state index in [4.69, 9.17) is 5.84 Å². The molecule has 0 unspecified atom stereocenters. The predicted molar refractivity (Wildman–Crippen MR) is 43.5 cm³/mol. The number of anilines is 1. The topological polar surface area (TPSA) is 50.9 Å². The molecule has 0 bridgehead atoms. The Kier molecular flexibility index (Phi) is 3.43. The summed E-state index contributed by atoms with van der Waals surface area (Å²) in [6.45, 7) is 1.98. The van der Waals surface area contributed by atoms with Gasteiger partial charge in [0.2, 0.25) is 0 Å². The van der Waals surface area contributed by atoms with Crippen molar-refractivity contribution in [3.05, 3.63) is 23.9 Å². The molecule has 0 saturated heterocycles. The molecule has 0 fully saturated rings. The number of nitrogens with two attached hydrogens (primary N) is 1. The second-order valence-electron chi connectivity index (χ2n) is 1.87. The quantitative estimate of drug-likeness (QED) is 0.455. The van der Waals surface area contributed by atoms with Crippen molar-refractivity contribution in [3.8, 4) is 0 Å². The zero-order valence-electron chi connectivity index (χ0n) is 5.26. The lowest BCUT2D eigenvalue weighted by Crippen LogP contribution is -2.07. The molecule has 0 radical (unpaired) electrons. The highest BCUT2D eigenvalue weighted by Gasteiger charge is 1.85. The minimum atomic E-state index is 0. The Hall–Kier alpha value is -1.09. The zero-order valence-corrected chi connectivity index (χ0v) is 5.26. The molecule has 0 spiro atoms. The normalized spacial score (nSPS) is 8.20. The van der Waals surface area contributed by atoms with Crippen LogP contribution in [0.1, 0.15) is 13.0 Å². The lowest BCUT2D eigenvalue weighted by molar-refractivity contribution is 1.20. The highest BCUT2D eigenvalue weighted by atomic mass is 15.2. The SMILES string of the molecule is C.Cc1ccc(NN)nc1. The number of rotatable bonds is 1. The molecule has 3 heteroatoms. The van der Waals surface area contributed by atoms with Gasteiger partial charge in [-0.3, -0.25) is 0 Å². The average Bonchev–Trinajstić information content (AvgIpc) is 1.90. The van der Waals surface area contributed by atoms with Gasteiger partial charge < -0.3 is 5.43 Å². The fourth-order valence-corrected chi connectivity index (χ4v) is 0.553. The van der Waals surface area contributed by atoms with Crippen LogP contribution in [0.25, 0.3) is 0 Å². The van der Waals surface area contributed by atoms with Gasteiger partial charge in [0.05, 0.1) is 0 Å². The fourth-order valence-electron chi connectivity index (χ4n) is 0.553. The van der Waals surface area contributed by atoms with Gasteiger partial charge in [-0.15, -0.1) is 0 Å². The highest BCUT2D eigenvalue weighted by Crippen LogP contribution is 2.00. The molecule has 0 saturated carbocycles. The second kappa shape index (κ2) is 3.85. The largest absolute Gasteiger partial charge is 0.308 e. The van der Waals surface area contributed by atoms with Crippen LogP contribution >= 0.6 is 0 Å². The molecule has 1 rings (SSSR count). The summed E-state index contributed by atoms with van der Waals surface area (Å²) in [5.74, 6) is 5.78. The molecular weight excluding hydrogens is 126 g/mol. The molecule has 0 aliphatic heterocycles. The Labute approximate surface area is 61.2 Å². The molecule has 0 atom stereocenters. The molecule has 1 aromatic heterocycles. The first kappa shape index (κ1) is 8.91. The van der Waals surface area contributed by atoms with Gasteiger partial charge in [0, 0.05) is 6.20 Å². The molecule has 0 aromatic carbocycles. The fraction of sp³-hybridized carbons (Fsp3) is 0.286. The molecule has 3 nitrogen and oxygen atoms in total. The maximum atomic E-state index is 5.09. The van der Waals surface area contributed by atoms with E-state index in [9.17, 15) is 0 Å². The molecule has 10 heavy (non-hydrogen) atoms. The summed E-state index contributed by atoms with van der Waals surface area (Å²) in [6, 6.07) is 3.78. The first-order chi connectivity index (χ1) is 4.33. The van der Waals surface area contributed by atoms with Gasteiger partial charge in [0.15, 0.2) is 0 Å². The van der Waals surface area contributed by atoms with Crippen molar-refractivity contribution < 1.29 is 0 Å². The Morgan fingerprint density at radius 2 is 2.20 bits per heavy atom. The van der Waals surface area contributed by atoms with E-state index in [-0.39, 0.29) is 7.43 Å². The van der Waals surface area contributed by atoms with E-state index < -0.39 is 0 Å². The van der Waals surface area contributed by atoms with E-state index in [2.05, 4.69) is 10.4 Å². The Morgan fingerprint density at radius 3 is 2.60 bits per heavy atom. The number of pyridine rings is 1. The summed E-state index contributed by atoms with van der Waals surface area (Å²) < 4.78 is 0. The van der Waals surface area contributed by atoms with E-state index in [1.165, 1.54) is 0 Å². The van der Waals surface area contributed by atoms with E-state index in [1.54, 1.807) is 6.20 Å². The predicted octanol–water partition coefficient (Wildman–Crippen LogP) is 1.31. The van der Waals surface area contributed by atoms with E-state index in [0.29, 0.717) is 5.82 Å². The molecule has 0 amide bonds. The standard InChI is InChI=1S/C6H9N3.CH4/c1-5-2-3-6(9-7)8-4-5;/h2-4H,7H2,1H3,(H,8,9);1H4. The molecule has 56 valence electrons. The van der Waals surface area contributed by atoms with Crippen LogP contribution in [0, 0.1) is 6.92 Å². The van der Waals surface area contributed by atoms with Crippen molar-refractivity contribution >= 4 is 5.82 Å². The number of hydrogen-bond acceptors (Lipinski definition) is 3. The van der Waals surface area contributed by atoms with Gasteiger partial charge in [-0.1, -0.05) is 13.5 Å². The number of aromatic nitrogens is 1. The van der Waals surface area contributed by atoms with Gasteiger partial charge in [0.1, 0.15) is 5.82 Å². The average molecular weight is 139 g/mol. The number of nitrogens with one attached hydrogen (secondary N) is 1. The zero-order chi connectivity index (χ0) is 6.69. The summed E-state index contributed by atoms with van der Waals surface area (Å²) >= 11 is 0. The van der Waals surface area contributed by atoms with Crippen LogP contribution in [0.4, 0.5) is 5.82 Å². The monoisotopic (exact) mass is 139 g/mol. The lowest BCUT2D eigenvalue weighted by atomic mass is 10.3. The molecule has 0 aliphatic rings. The van der Waals surface area contributed by atoms with Crippen molar-refractivity contribution in [2.45, 2.75) is 14.4 Å². The van der Waals surface area contributed by atoms with Crippen LogP contribution in [-0.2, 0) is 0 Å². The first-order valence-electron chi connectivity index (χ1n) is 2.72. The van der Waals surface area contributed by atoms with Crippen LogP contribution in [0.15, 0.2) is 18.3 Å². The summed E-state index contributed by atoms with van der Waals surface area (Å²) in [6.07, 6.45) is 1.76. The van der Waals surface area contributed by atoms with Crippen LogP contribution < -0.4 is 11.3 Å². The van der Waals surface area contributed by atoms with Gasteiger partial charge in [0.25, 0.3) is 0 Å². The van der Waals surface area contributed by atoms with Crippen LogP contribution in [0.3, 0.4) is 0 Å². The Balaban J connectivity index is 0.000000810. The van der Waals surface area contributed by atoms with E-state index in [1.807, 2.05) is 19.1 Å². The highest BCUT2D eigenvalue weighted by molar-refractivity contribution is 5.33. The summed E-state index contributed by atoms with van der Waals surface area (Å²) in [5, 5.41) is 0. The van der Waals surface area contributed by atoms with Gasteiger partial charge in [-0.05, 0) is 18.6 Å². The first-order valence-corrected chi connectivity index (χ1v) is 2.72. The molecular formula is C7H13N3. The lowest BCUT2D eigenvalue weighted by Gasteiger charge is -1.96. The maximum absolute atomic E-state index is 5.09. The smallest absolute Gasteiger partial charge is 0.139 e. The van der Waals surface area contributed by atoms with Crippen molar-refractivity contribution in [1.82, 2.24) is 4.98 Å². The minimum absolute atomic E-state index is 0. The minimum Gasteiger partial charge on any atom is -0.308 e. The van der Waals surface area contributed by atoms with Gasteiger partial charge in [-0.25, -0.2) is 10.8 Å². The van der Waals surface area contributed by atoms with E-state index >= 15 is 0 Å². The van der Waals surface area contributed by atoms with Gasteiger partial charge >= 0.3 is 0 Å². The number of hydrogen-bond donors (Lipinski definition) is 2. The number of nitrogens with zero attached hydrogens (tertiary/aromatic N) is 1. The summed E-state index contributed by atoms with van der Waals surface area (Å²) in [4.78, 5) is 3.96. The van der Waals surface area contributed by atoms with Crippen LogP contribution in [-0.4, -0.2) is 4.98 Å². The Morgan fingerprint density at radius 1 is 1.50 bits per heavy atom. The molecule has 1 heterocycles. The number of aryl methyl sites for hydroxylation is 1. The number of nitrogen functional groups attached to an aromatic ring is 1. The third-order valence-corrected chi connectivity index (χ3v) is 1.06. The van der Waals surface area contributed by atoms with Crippen LogP contribution in [0.2, 0.25) is 0 Å².